The summed E-state index contributed by atoms with van der Waals surface area (Å²) in [6.07, 6.45) is 3.06. The number of amides is 3. The molecule has 2 atom stereocenters. The second-order valence-corrected chi connectivity index (χ2v) is 10.0. The van der Waals surface area contributed by atoms with Crippen molar-refractivity contribution in [1.82, 2.24) is 5.43 Å². The van der Waals surface area contributed by atoms with Crippen LogP contribution in [-0.4, -0.2) is 23.9 Å². The molecule has 0 radical (unpaired) electrons. The molecular weight excluding hydrogens is 478 g/mol. The van der Waals surface area contributed by atoms with Gasteiger partial charge >= 0.3 is 5.91 Å². The van der Waals surface area contributed by atoms with Crippen molar-refractivity contribution < 1.29 is 18.8 Å². The maximum Gasteiger partial charge on any atom is 0.307 e. The first-order valence-electron chi connectivity index (χ1n) is 12.5. The number of anilines is 1. The molecule has 7 heteroatoms. The summed E-state index contributed by atoms with van der Waals surface area (Å²) >= 11 is 0. The number of carbonyl (C=O) groups is 3. The summed E-state index contributed by atoms with van der Waals surface area (Å²) in [5.74, 6) is -2.41. The van der Waals surface area contributed by atoms with E-state index in [1.54, 1.807) is 18.3 Å². The normalized spacial score (nSPS) is 24.9. The van der Waals surface area contributed by atoms with E-state index in [4.69, 9.17) is 4.42 Å². The number of benzene rings is 3. The molecule has 1 aromatic heterocycles. The van der Waals surface area contributed by atoms with Gasteiger partial charge in [-0.2, -0.15) is 5.10 Å². The number of hydrazone groups is 1. The van der Waals surface area contributed by atoms with Crippen LogP contribution in [0, 0.1) is 18.8 Å². The highest BCUT2D eigenvalue weighted by molar-refractivity contribution is 6.25. The summed E-state index contributed by atoms with van der Waals surface area (Å²) in [7, 11) is 0. The van der Waals surface area contributed by atoms with Gasteiger partial charge in [-0.1, -0.05) is 66.2 Å². The number of hydrogen-bond donors (Lipinski definition) is 1. The van der Waals surface area contributed by atoms with Gasteiger partial charge in [-0.05, 0) is 53.4 Å². The fourth-order valence-corrected chi connectivity index (χ4v) is 6.65. The first-order valence-corrected chi connectivity index (χ1v) is 12.5. The Bertz CT molecular complexity index is 1590. The van der Waals surface area contributed by atoms with Crippen molar-refractivity contribution >= 4 is 29.6 Å². The van der Waals surface area contributed by atoms with Gasteiger partial charge in [0.15, 0.2) is 5.76 Å². The highest BCUT2D eigenvalue weighted by atomic mass is 16.3. The monoisotopic (exact) mass is 501 g/mol. The van der Waals surface area contributed by atoms with E-state index in [0.29, 0.717) is 5.69 Å². The van der Waals surface area contributed by atoms with Crippen LogP contribution in [0.15, 0.2) is 101 Å². The van der Waals surface area contributed by atoms with Crippen molar-refractivity contribution in [3.8, 4) is 0 Å². The van der Waals surface area contributed by atoms with Gasteiger partial charge in [0.1, 0.15) is 0 Å². The highest BCUT2D eigenvalue weighted by Gasteiger charge is 2.68. The highest BCUT2D eigenvalue weighted by Crippen LogP contribution is 2.63. The predicted molar refractivity (Wildman–Crippen MR) is 141 cm³/mol. The lowest BCUT2D eigenvalue weighted by atomic mass is 9.47. The van der Waals surface area contributed by atoms with E-state index in [1.807, 2.05) is 79.7 Å². The van der Waals surface area contributed by atoms with Crippen molar-refractivity contribution in [2.75, 3.05) is 4.90 Å². The number of rotatable bonds is 4. The summed E-state index contributed by atoms with van der Waals surface area (Å²) in [5.41, 5.74) is 6.96. The van der Waals surface area contributed by atoms with Crippen LogP contribution in [0.25, 0.3) is 0 Å². The minimum Gasteiger partial charge on any atom is -0.459 e. The molecule has 2 bridgehead atoms. The Kier molecular flexibility index (Phi) is 4.79. The average molecular weight is 502 g/mol. The molecule has 4 aliphatic rings. The minimum atomic E-state index is -1.05. The van der Waals surface area contributed by atoms with Gasteiger partial charge in [-0.15, -0.1) is 0 Å². The first-order chi connectivity index (χ1) is 18.5. The second-order valence-electron chi connectivity index (χ2n) is 10.0. The molecule has 0 spiro atoms. The quantitative estimate of drug-likeness (QED) is 0.252. The maximum absolute atomic E-state index is 14.3. The Morgan fingerprint density at radius 2 is 1.55 bits per heavy atom. The zero-order valence-corrected chi connectivity index (χ0v) is 20.5. The molecule has 0 saturated carbocycles. The molecule has 186 valence electrons. The predicted octanol–water partition coefficient (Wildman–Crippen LogP) is 4.55. The van der Waals surface area contributed by atoms with Crippen LogP contribution in [0.2, 0.25) is 0 Å². The van der Waals surface area contributed by atoms with E-state index < -0.39 is 23.2 Å². The molecule has 1 fully saturated rings. The summed E-state index contributed by atoms with van der Waals surface area (Å²) in [6, 6.07) is 26.5. The van der Waals surface area contributed by atoms with Crippen molar-refractivity contribution in [3.05, 3.63) is 125 Å². The van der Waals surface area contributed by atoms with Gasteiger partial charge in [-0.25, -0.2) is 10.3 Å². The topological polar surface area (TPSA) is 92.0 Å². The van der Waals surface area contributed by atoms with Crippen molar-refractivity contribution in [3.63, 3.8) is 0 Å². The first kappa shape index (κ1) is 22.4. The van der Waals surface area contributed by atoms with Crippen LogP contribution < -0.4 is 10.3 Å². The zero-order chi connectivity index (χ0) is 26.0. The number of hydrogen-bond acceptors (Lipinski definition) is 5. The number of nitrogens with one attached hydrogen (secondary N) is 1. The Balaban J connectivity index is 1.43. The fourth-order valence-electron chi connectivity index (χ4n) is 6.65. The molecule has 3 amide bonds. The van der Waals surface area contributed by atoms with Gasteiger partial charge in [0.05, 0.1) is 29.2 Å². The lowest BCUT2D eigenvalue weighted by Crippen LogP contribution is -2.54. The number of furan rings is 1. The van der Waals surface area contributed by atoms with Crippen LogP contribution in [0.3, 0.4) is 0 Å². The van der Waals surface area contributed by atoms with Gasteiger partial charge in [0.2, 0.25) is 11.8 Å². The van der Waals surface area contributed by atoms with Gasteiger partial charge < -0.3 is 4.42 Å². The minimum absolute atomic E-state index is 0.128. The summed E-state index contributed by atoms with van der Waals surface area (Å²) in [4.78, 5) is 42.3. The maximum atomic E-state index is 14.3. The Morgan fingerprint density at radius 3 is 2.18 bits per heavy atom. The van der Waals surface area contributed by atoms with E-state index in [2.05, 4.69) is 10.5 Å². The Morgan fingerprint density at radius 1 is 0.895 bits per heavy atom. The smallest absolute Gasteiger partial charge is 0.307 e. The van der Waals surface area contributed by atoms with Crippen molar-refractivity contribution in [2.24, 2.45) is 16.9 Å². The summed E-state index contributed by atoms with van der Waals surface area (Å²) < 4.78 is 5.19. The van der Waals surface area contributed by atoms with Crippen LogP contribution in [0.5, 0.6) is 0 Å². The third-order valence-electron chi connectivity index (χ3n) is 8.16. The molecule has 3 aliphatic carbocycles. The number of nitrogens with zero attached hydrogens (tertiary/aromatic N) is 2. The fraction of sp³-hybridized carbons (Fsp3) is 0.161. The molecule has 3 aromatic carbocycles. The summed E-state index contributed by atoms with van der Waals surface area (Å²) in [5, 5.41) is 4.38. The van der Waals surface area contributed by atoms with Crippen LogP contribution in [0.4, 0.5) is 5.69 Å². The van der Waals surface area contributed by atoms with Crippen LogP contribution in [-0.2, 0) is 15.0 Å². The van der Waals surface area contributed by atoms with Crippen molar-refractivity contribution in [2.45, 2.75) is 18.3 Å². The van der Waals surface area contributed by atoms with E-state index in [-0.39, 0.29) is 23.5 Å². The molecule has 7 nitrogen and oxygen atoms in total. The second kappa shape index (κ2) is 8.11. The Labute approximate surface area is 218 Å². The molecule has 1 saturated heterocycles. The Hall–Kier alpha value is -4.78. The molecule has 1 N–H and O–H groups in total. The summed E-state index contributed by atoms with van der Waals surface area (Å²) in [6.45, 7) is 1.97. The van der Waals surface area contributed by atoms with Crippen LogP contribution >= 0.6 is 0 Å². The largest absolute Gasteiger partial charge is 0.459 e. The van der Waals surface area contributed by atoms with Gasteiger partial charge in [-0.3, -0.25) is 14.4 Å². The van der Waals surface area contributed by atoms with E-state index in [1.165, 1.54) is 11.2 Å². The zero-order valence-electron chi connectivity index (χ0n) is 20.5. The van der Waals surface area contributed by atoms with E-state index in [0.717, 1.165) is 27.8 Å². The lowest BCUT2D eigenvalue weighted by molar-refractivity contribution is -0.122. The number of imide groups is 1. The number of carbonyl (C=O) groups excluding carboxylic acids is 3. The van der Waals surface area contributed by atoms with E-state index in [9.17, 15) is 14.4 Å². The van der Waals surface area contributed by atoms with Crippen molar-refractivity contribution in [1.29, 1.82) is 0 Å². The SMILES string of the molecule is Cc1ccc(N2C(=O)[C@@H]3C4c5ccccc5C(/C=N\NC(=O)c5ccco5)(c5ccccc54)[C@H]3C2=O)cc1. The lowest BCUT2D eigenvalue weighted by Gasteiger charge is -2.52. The van der Waals surface area contributed by atoms with Crippen LogP contribution in [0.1, 0.15) is 44.3 Å². The number of aryl methyl sites for hydroxylation is 1. The van der Waals surface area contributed by atoms with E-state index >= 15 is 0 Å². The molecule has 2 heterocycles. The van der Waals surface area contributed by atoms with Gasteiger partial charge in [0, 0.05) is 12.1 Å². The molecule has 0 unspecified atom stereocenters. The molecule has 4 aromatic rings. The standard InChI is InChI=1S/C31H23N3O4/c1-18-12-14-19(15-13-18)34-29(36)26-25-20-7-2-4-9-22(20)31(27(26)30(34)37,23-10-5-3-8-21(23)25)17-32-33-28(35)24-11-6-16-38-24/h2-17,25-27H,1H3,(H,33,35)/b32-17-/t25?,26-,27-,31?/m1/s1. The average Bonchev–Trinajstić information content (AvgIpc) is 3.57. The third-order valence-corrected chi connectivity index (χ3v) is 8.16. The van der Waals surface area contributed by atoms with Gasteiger partial charge in [0.25, 0.3) is 0 Å². The molecule has 1 aliphatic heterocycles. The molecule has 38 heavy (non-hydrogen) atoms. The molecule has 8 rings (SSSR count). The molecular formula is C31H23N3O4. The third kappa shape index (κ3) is 2.90.